The molecule has 0 bridgehead atoms. The molecule has 0 aliphatic carbocycles. The number of rotatable bonds is 0. The van der Waals surface area contributed by atoms with Gasteiger partial charge in [0, 0.05) is 10.8 Å². The van der Waals surface area contributed by atoms with Crippen LogP contribution in [0.1, 0.15) is 0 Å². The van der Waals surface area contributed by atoms with Crippen LogP contribution in [0.4, 0.5) is 0 Å². The second kappa shape index (κ2) is 7.79. The predicted octanol–water partition coefficient (Wildman–Crippen LogP) is 8.53. The molecule has 0 atom stereocenters. The molecule has 0 spiro atoms. The lowest BCUT2D eigenvalue weighted by Gasteiger charge is -2.09. The van der Waals surface area contributed by atoms with Crippen LogP contribution >= 0.6 is 0 Å². The molecule has 32 heavy (non-hydrogen) atoms. The van der Waals surface area contributed by atoms with Crippen molar-refractivity contribution >= 4 is 54.1 Å². The largest absolute Gasteiger partial charge is 0.248 e. The van der Waals surface area contributed by atoms with Gasteiger partial charge in [-0.1, -0.05) is 109 Å². The Morgan fingerprint density at radius 1 is 0.312 bits per heavy atom. The quantitative estimate of drug-likeness (QED) is 0.181. The van der Waals surface area contributed by atoms with Crippen LogP contribution in [-0.4, -0.2) is 4.98 Å². The number of aromatic nitrogens is 1. The summed E-state index contributed by atoms with van der Waals surface area (Å²) >= 11 is 0. The molecule has 7 rings (SSSR count). The van der Waals surface area contributed by atoms with Gasteiger partial charge in [0.05, 0.1) is 11.0 Å². The van der Waals surface area contributed by atoms with Crippen LogP contribution in [-0.2, 0) is 0 Å². The van der Waals surface area contributed by atoms with E-state index in [9.17, 15) is 0 Å². The van der Waals surface area contributed by atoms with E-state index >= 15 is 0 Å². The first-order valence-corrected chi connectivity index (χ1v) is 10.9. The van der Waals surface area contributed by atoms with Gasteiger partial charge in [0.2, 0.25) is 0 Å². The second-order valence-electron chi connectivity index (χ2n) is 8.01. The van der Waals surface area contributed by atoms with Crippen molar-refractivity contribution in [2.75, 3.05) is 0 Å². The Balaban J connectivity index is 0.000000126. The molecule has 1 heteroatoms. The first-order valence-electron chi connectivity index (χ1n) is 10.9. The highest BCUT2D eigenvalue weighted by Crippen LogP contribution is 2.34. The van der Waals surface area contributed by atoms with Gasteiger partial charge in [0.25, 0.3) is 0 Å². The van der Waals surface area contributed by atoms with Crippen LogP contribution in [0.5, 0.6) is 0 Å². The molecule has 0 saturated heterocycles. The van der Waals surface area contributed by atoms with Gasteiger partial charge in [-0.3, -0.25) is 0 Å². The minimum absolute atomic E-state index is 1.06. The Bertz CT molecular complexity index is 1400. The van der Waals surface area contributed by atoms with E-state index in [-0.39, 0.29) is 0 Å². The van der Waals surface area contributed by atoms with Crippen molar-refractivity contribution in [1.82, 2.24) is 4.98 Å². The van der Waals surface area contributed by atoms with Crippen molar-refractivity contribution in [2.45, 2.75) is 0 Å². The predicted molar refractivity (Wildman–Crippen MR) is 138 cm³/mol. The summed E-state index contributed by atoms with van der Waals surface area (Å²) < 4.78 is 0. The fourth-order valence-electron chi connectivity index (χ4n) is 4.58. The zero-order chi connectivity index (χ0) is 21.3. The highest BCUT2D eigenvalue weighted by molar-refractivity contribution is 6.25. The maximum absolute atomic E-state index is 4.58. The Morgan fingerprint density at radius 3 is 0.938 bits per heavy atom. The minimum atomic E-state index is 1.06. The van der Waals surface area contributed by atoms with Gasteiger partial charge in [0.1, 0.15) is 0 Å². The lowest BCUT2D eigenvalue weighted by molar-refractivity contribution is 1.50. The molecule has 0 saturated carbocycles. The molecule has 7 aromatic rings. The molecule has 0 aliphatic rings. The van der Waals surface area contributed by atoms with Crippen molar-refractivity contribution in [3.8, 4) is 0 Å². The molecule has 0 unspecified atom stereocenters. The monoisotopic (exact) mass is 407 g/mol. The van der Waals surface area contributed by atoms with Crippen LogP contribution in [0.15, 0.2) is 127 Å². The molecule has 6 aromatic carbocycles. The highest BCUT2D eigenvalue weighted by Gasteiger charge is 2.06. The van der Waals surface area contributed by atoms with Crippen molar-refractivity contribution in [3.05, 3.63) is 127 Å². The molecule has 0 aliphatic heterocycles. The molecule has 1 aromatic heterocycles. The van der Waals surface area contributed by atoms with Gasteiger partial charge in [-0.05, 0) is 50.5 Å². The average Bonchev–Trinajstić information content (AvgIpc) is 2.88. The lowest BCUT2D eigenvalue weighted by Crippen LogP contribution is -1.81. The van der Waals surface area contributed by atoms with E-state index in [1.54, 1.807) is 0 Å². The van der Waals surface area contributed by atoms with Crippen LogP contribution in [0.3, 0.4) is 0 Å². The van der Waals surface area contributed by atoms with Gasteiger partial charge >= 0.3 is 0 Å². The first-order chi connectivity index (χ1) is 15.9. The number of fused-ring (bicyclic) bond motifs is 8. The zero-order valence-corrected chi connectivity index (χ0v) is 17.6. The van der Waals surface area contributed by atoms with Gasteiger partial charge in [-0.15, -0.1) is 0 Å². The summed E-state index contributed by atoms with van der Waals surface area (Å²) in [4.78, 5) is 4.58. The van der Waals surface area contributed by atoms with E-state index in [4.69, 9.17) is 0 Å². The average molecular weight is 408 g/mol. The van der Waals surface area contributed by atoms with Crippen LogP contribution in [0.2, 0.25) is 0 Å². The summed E-state index contributed by atoms with van der Waals surface area (Å²) in [7, 11) is 0. The van der Waals surface area contributed by atoms with Gasteiger partial charge in [0.15, 0.2) is 0 Å². The summed E-state index contributed by atoms with van der Waals surface area (Å²) in [5.41, 5.74) is 2.12. The standard InChI is InChI=1S/C18H12.C13H9N/c1-2-8-14-13(7-1)15-9-3-4-11-17(15)18-12-6-5-10-16(14)18;1-3-7-12-10(5-1)9-11-6-2-4-8-13(11)14-12/h1-12H;1-9H. The third-order valence-corrected chi connectivity index (χ3v) is 6.08. The number of nitrogens with zero attached hydrogens (tertiary/aromatic N) is 1. The molecular formula is C31H21N. The van der Waals surface area contributed by atoms with Crippen molar-refractivity contribution < 1.29 is 0 Å². The minimum Gasteiger partial charge on any atom is -0.248 e. The molecule has 0 radical (unpaired) electrons. The third kappa shape index (κ3) is 3.16. The first kappa shape index (κ1) is 18.5. The van der Waals surface area contributed by atoms with E-state index in [0.717, 1.165) is 11.0 Å². The van der Waals surface area contributed by atoms with Crippen LogP contribution in [0, 0.1) is 0 Å². The normalized spacial score (nSPS) is 11.1. The van der Waals surface area contributed by atoms with Crippen molar-refractivity contribution in [1.29, 1.82) is 0 Å². The zero-order valence-electron chi connectivity index (χ0n) is 17.6. The fourth-order valence-corrected chi connectivity index (χ4v) is 4.58. The second-order valence-corrected chi connectivity index (χ2v) is 8.01. The van der Waals surface area contributed by atoms with E-state index in [2.05, 4.69) is 96.0 Å². The number of hydrogen-bond donors (Lipinski definition) is 0. The molecular weight excluding hydrogens is 386 g/mol. The number of benzene rings is 6. The molecule has 1 heterocycles. The summed E-state index contributed by atoms with van der Waals surface area (Å²) in [6, 6.07) is 44.5. The fraction of sp³-hybridized carbons (Fsp3) is 0. The molecule has 1 nitrogen and oxygen atoms in total. The SMILES string of the molecule is c1ccc2c(c1)c1ccccc1c1ccccc21.c1ccc2nc3ccccc3cc2c1. The van der Waals surface area contributed by atoms with E-state index in [1.807, 2.05) is 36.4 Å². The lowest BCUT2D eigenvalue weighted by atomic mass is 9.95. The number of hydrogen-bond acceptors (Lipinski definition) is 1. The third-order valence-electron chi connectivity index (χ3n) is 6.08. The maximum Gasteiger partial charge on any atom is 0.0709 e. The summed E-state index contributed by atoms with van der Waals surface area (Å²) in [5, 5.41) is 10.4. The van der Waals surface area contributed by atoms with E-state index in [0.29, 0.717) is 0 Å². The van der Waals surface area contributed by atoms with Gasteiger partial charge in [-0.2, -0.15) is 0 Å². The van der Waals surface area contributed by atoms with Crippen molar-refractivity contribution in [2.24, 2.45) is 0 Å². The molecule has 150 valence electrons. The number of para-hydroxylation sites is 2. The van der Waals surface area contributed by atoms with Gasteiger partial charge in [-0.25, -0.2) is 4.98 Å². The molecule has 0 fully saturated rings. The smallest absolute Gasteiger partial charge is 0.0709 e. The van der Waals surface area contributed by atoms with Crippen LogP contribution in [0.25, 0.3) is 54.1 Å². The summed E-state index contributed by atoms with van der Waals surface area (Å²) in [6.45, 7) is 0. The Kier molecular flexibility index (Phi) is 4.51. The number of pyridine rings is 1. The van der Waals surface area contributed by atoms with E-state index < -0.39 is 0 Å². The maximum atomic E-state index is 4.58. The Morgan fingerprint density at radius 2 is 0.594 bits per heavy atom. The van der Waals surface area contributed by atoms with E-state index in [1.165, 1.54) is 43.1 Å². The van der Waals surface area contributed by atoms with Crippen molar-refractivity contribution in [3.63, 3.8) is 0 Å². The Hall–Kier alpha value is -4.23. The van der Waals surface area contributed by atoms with Crippen LogP contribution < -0.4 is 0 Å². The molecule has 0 amide bonds. The van der Waals surface area contributed by atoms with Gasteiger partial charge < -0.3 is 0 Å². The topological polar surface area (TPSA) is 12.9 Å². The summed E-state index contributed by atoms with van der Waals surface area (Å²) in [5.74, 6) is 0. The Labute approximate surface area is 186 Å². The highest BCUT2D eigenvalue weighted by atomic mass is 14.7. The summed E-state index contributed by atoms with van der Waals surface area (Å²) in [6.07, 6.45) is 0. The molecule has 0 N–H and O–H groups in total.